The molecule has 0 aliphatic heterocycles. The highest BCUT2D eigenvalue weighted by atomic mass is 19.1. The van der Waals surface area contributed by atoms with Gasteiger partial charge < -0.3 is 5.32 Å². The van der Waals surface area contributed by atoms with E-state index in [1.54, 1.807) is 12.1 Å². The molecule has 0 heterocycles. The zero-order valence-corrected chi connectivity index (χ0v) is 11.6. The molecule has 0 radical (unpaired) electrons. The second-order valence-corrected chi connectivity index (χ2v) is 4.89. The van der Waals surface area contributed by atoms with Gasteiger partial charge in [0.05, 0.1) is 0 Å². The van der Waals surface area contributed by atoms with Crippen molar-refractivity contribution in [3.8, 4) is 0 Å². The highest BCUT2D eigenvalue weighted by Crippen LogP contribution is 2.21. The van der Waals surface area contributed by atoms with Crippen LogP contribution in [0.15, 0.2) is 48.5 Å². The predicted octanol–water partition coefficient (Wildman–Crippen LogP) is 3.90. The Labute approximate surface area is 118 Å². The van der Waals surface area contributed by atoms with Crippen LogP contribution < -0.4 is 5.32 Å². The number of likely N-dealkylation sites (N-methyl/N-ethyl adjacent to an activating group) is 1. The largest absolute Gasteiger partial charge is 0.316 e. The van der Waals surface area contributed by atoms with Gasteiger partial charge in [0, 0.05) is 12.5 Å². The minimum atomic E-state index is -0.224. The molecule has 2 aromatic rings. The van der Waals surface area contributed by atoms with Crippen LogP contribution in [0, 0.1) is 11.6 Å². The molecule has 0 bridgehead atoms. The summed E-state index contributed by atoms with van der Waals surface area (Å²) in [4.78, 5) is 0. The van der Waals surface area contributed by atoms with Gasteiger partial charge >= 0.3 is 0 Å². The third-order valence-electron chi connectivity index (χ3n) is 3.38. The van der Waals surface area contributed by atoms with Crippen LogP contribution in [0.3, 0.4) is 0 Å². The van der Waals surface area contributed by atoms with Gasteiger partial charge in [0.15, 0.2) is 0 Å². The molecule has 0 spiro atoms. The molecule has 2 aromatic carbocycles. The average Bonchev–Trinajstić information content (AvgIpc) is 2.46. The lowest BCUT2D eigenvalue weighted by Crippen LogP contribution is -2.22. The first-order chi connectivity index (χ1) is 9.69. The van der Waals surface area contributed by atoms with Crippen LogP contribution in [0.4, 0.5) is 8.78 Å². The van der Waals surface area contributed by atoms with Crippen molar-refractivity contribution in [1.82, 2.24) is 5.32 Å². The van der Waals surface area contributed by atoms with Crippen LogP contribution in [-0.2, 0) is 6.42 Å². The van der Waals surface area contributed by atoms with Gasteiger partial charge in [-0.2, -0.15) is 0 Å². The van der Waals surface area contributed by atoms with Crippen molar-refractivity contribution < 1.29 is 8.78 Å². The molecule has 1 unspecified atom stereocenters. The van der Waals surface area contributed by atoms with Crippen molar-refractivity contribution in [2.75, 3.05) is 13.1 Å². The summed E-state index contributed by atoms with van der Waals surface area (Å²) in [5.74, 6) is -0.197. The van der Waals surface area contributed by atoms with Gasteiger partial charge in [-0.15, -0.1) is 0 Å². The van der Waals surface area contributed by atoms with Gasteiger partial charge in [-0.25, -0.2) is 8.78 Å². The lowest BCUT2D eigenvalue weighted by molar-refractivity contribution is 0.588. The van der Waals surface area contributed by atoms with E-state index in [1.165, 1.54) is 24.3 Å². The maximum absolute atomic E-state index is 13.0. The Morgan fingerprint density at radius 2 is 1.45 bits per heavy atom. The number of hydrogen-bond donors (Lipinski definition) is 1. The summed E-state index contributed by atoms with van der Waals surface area (Å²) >= 11 is 0. The molecular weight excluding hydrogens is 256 g/mol. The van der Waals surface area contributed by atoms with Crippen molar-refractivity contribution in [2.45, 2.75) is 19.3 Å². The molecule has 20 heavy (non-hydrogen) atoms. The van der Waals surface area contributed by atoms with E-state index in [9.17, 15) is 8.78 Å². The summed E-state index contributed by atoms with van der Waals surface area (Å²) in [5.41, 5.74) is 2.18. The first kappa shape index (κ1) is 14.7. The monoisotopic (exact) mass is 275 g/mol. The lowest BCUT2D eigenvalue weighted by atomic mass is 9.92. The molecule has 0 aliphatic carbocycles. The molecule has 106 valence electrons. The Balaban J connectivity index is 2.14. The molecule has 0 aliphatic rings. The summed E-state index contributed by atoms with van der Waals surface area (Å²) in [7, 11) is 0. The summed E-state index contributed by atoms with van der Waals surface area (Å²) in [5, 5.41) is 3.33. The Hall–Kier alpha value is -1.74. The van der Waals surface area contributed by atoms with E-state index >= 15 is 0 Å². The van der Waals surface area contributed by atoms with Crippen LogP contribution >= 0.6 is 0 Å². The van der Waals surface area contributed by atoms with E-state index in [0.29, 0.717) is 0 Å². The molecule has 0 saturated carbocycles. The molecule has 0 aromatic heterocycles. The summed E-state index contributed by atoms with van der Waals surface area (Å²) in [6, 6.07) is 13.2. The molecule has 0 fully saturated rings. The van der Waals surface area contributed by atoms with Gasteiger partial charge in [0.2, 0.25) is 0 Å². The Kier molecular flexibility index (Phi) is 5.24. The SMILES string of the molecule is CCNCC(Cc1ccc(F)cc1)c1ccc(F)cc1. The van der Waals surface area contributed by atoms with Gasteiger partial charge in [0.25, 0.3) is 0 Å². The first-order valence-corrected chi connectivity index (χ1v) is 6.89. The summed E-state index contributed by atoms with van der Waals surface area (Å²) in [6.45, 7) is 3.76. The van der Waals surface area contributed by atoms with Crippen molar-refractivity contribution in [3.63, 3.8) is 0 Å². The van der Waals surface area contributed by atoms with Crippen molar-refractivity contribution >= 4 is 0 Å². The fourth-order valence-corrected chi connectivity index (χ4v) is 2.27. The van der Waals surface area contributed by atoms with E-state index < -0.39 is 0 Å². The fraction of sp³-hybridized carbons (Fsp3) is 0.294. The van der Waals surface area contributed by atoms with Crippen LogP contribution in [0.25, 0.3) is 0 Å². The normalized spacial score (nSPS) is 12.3. The highest BCUT2D eigenvalue weighted by Gasteiger charge is 2.12. The van der Waals surface area contributed by atoms with Gasteiger partial charge in [0.1, 0.15) is 11.6 Å². The lowest BCUT2D eigenvalue weighted by Gasteiger charge is -2.18. The average molecular weight is 275 g/mol. The molecule has 3 heteroatoms. The maximum atomic E-state index is 13.0. The Morgan fingerprint density at radius 1 is 0.900 bits per heavy atom. The smallest absolute Gasteiger partial charge is 0.123 e. The minimum absolute atomic E-state index is 0.223. The van der Waals surface area contributed by atoms with Crippen LogP contribution in [-0.4, -0.2) is 13.1 Å². The van der Waals surface area contributed by atoms with Crippen molar-refractivity contribution in [1.29, 1.82) is 0 Å². The van der Waals surface area contributed by atoms with Crippen LogP contribution in [0.2, 0.25) is 0 Å². The minimum Gasteiger partial charge on any atom is -0.316 e. The van der Waals surface area contributed by atoms with E-state index in [1.807, 2.05) is 12.1 Å². The molecule has 1 atom stereocenters. The number of hydrogen-bond acceptors (Lipinski definition) is 1. The van der Waals surface area contributed by atoms with Crippen LogP contribution in [0.5, 0.6) is 0 Å². The molecule has 2 rings (SSSR count). The number of nitrogens with one attached hydrogen (secondary N) is 1. The second-order valence-electron chi connectivity index (χ2n) is 4.89. The number of rotatable bonds is 6. The quantitative estimate of drug-likeness (QED) is 0.843. The topological polar surface area (TPSA) is 12.0 Å². The Morgan fingerprint density at radius 3 is 2.00 bits per heavy atom. The zero-order chi connectivity index (χ0) is 14.4. The Bertz CT molecular complexity index is 520. The number of benzene rings is 2. The third-order valence-corrected chi connectivity index (χ3v) is 3.38. The molecule has 0 saturated heterocycles. The molecular formula is C17H19F2N. The van der Waals surface area contributed by atoms with E-state index in [0.717, 1.165) is 30.6 Å². The summed E-state index contributed by atoms with van der Waals surface area (Å²) in [6.07, 6.45) is 0.804. The third kappa shape index (κ3) is 4.14. The van der Waals surface area contributed by atoms with Gasteiger partial charge in [-0.05, 0) is 48.4 Å². The van der Waals surface area contributed by atoms with Crippen LogP contribution in [0.1, 0.15) is 24.0 Å². The fourth-order valence-electron chi connectivity index (χ4n) is 2.27. The van der Waals surface area contributed by atoms with Gasteiger partial charge in [-0.1, -0.05) is 31.2 Å². The van der Waals surface area contributed by atoms with Crippen molar-refractivity contribution in [2.24, 2.45) is 0 Å². The van der Waals surface area contributed by atoms with Crippen molar-refractivity contribution in [3.05, 3.63) is 71.3 Å². The van der Waals surface area contributed by atoms with E-state index in [2.05, 4.69) is 12.2 Å². The summed E-state index contributed by atoms with van der Waals surface area (Å²) < 4.78 is 26.0. The highest BCUT2D eigenvalue weighted by molar-refractivity contribution is 5.25. The molecule has 0 amide bonds. The first-order valence-electron chi connectivity index (χ1n) is 6.89. The maximum Gasteiger partial charge on any atom is 0.123 e. The molecule has 1 N–H and O–H groups in total. The second kappa shape index (κ2) is 7.15. The van der Waals surface area contributed by atoms with E-state index in [4.69, 9.17) is 0 Å². The zero-order valence-electron chi connectivity index (χ0n) is 11.6. The van der Waals surface area contributed by atoms with Gasteiger partial charge in [-0.3, -0.25) is 0 Å². The molecule has 1 nitrogen and oxygen atoms in total. The number of halogens is 2. The standard InChI is InChI=1S/C17H19F2N/c1-2-20-12-15(14-5-9-17(19)10-6-14)11-13-3-7-16(18)8-4-13/h3-10,15,20H,2,11-12H2,1H3. The van der Waals surface area contributed by atoms with E-state index in [-0.39, 0.29) is 17.6 Å². The predicted molar refractivity (Wildman–Crippen MR) is 77.8 cm³/mol.